The number of hydrogen-bond donors (Lipinski definition) is 0. The van der Waals surface area contributed by atoms with Crippen molar-refractivity contribution in [1.82, 2.24) is 9.55 Å². The minimum absolute atomic E-state index is 0.0788. The molecule has 0 aromatic carbocycles. The van der Waals surface area contributed by atoms with E-state index in [9.17, 15) is 4.79 Å². The minimum atomic E-state index is -0.0788. The predicted octanol–water partition coefficient (Wildman–Crippen LogP) is 2.59. The molecule has 0 spiro atoms. The third kappa shape index (κ3) is 2.04. The lowest BCUT2D eigenvalue weighted by atomic mass is 9.82. The fourth-order valence-corrected chi connectivity index (χ4v) is 2.59. The van der Waals surface area contributed by atoms with Crippen molar-refractivity contribution in [3.63, 3.8) is 0 Å². The highest BCUT2D eigenvalue weighted by atomic mass is 16.1. The fraction of sp³-hybridized carbons (Fsp3) is 0.692. The lowest BCUT2D eigenvalue weighted by molar-refractivity contribution is -0.127. The number of rotatable bonds is 4. The van der Waals surface area contributed by atoms with Gasteiger partial charge in [0.05, 0.1) is 6.42 Å². The number of carbonyl (C=O) groups excluding carboxylic acids is 1. The first-order valence-electron chi connectivity index (χ1n) is 6.19. The maximum absolute atomic E-state index is 12.2. The quantitative estimate of drug-likeness (QED) is 0.781. The zero-order chi connectivity index (χ0) is 11.6. The Morgan fingerprint density at radius 2 is 2.19 bits per heavy atom. The molecule has 1 aromatic rings. The second-order valence-corrected chi connectivity index (χ2v) is 5.00. The molecule has 0 radical (unpaired) electrons. The van der Waals surface area contributed by atoms with Gasteiger partial charge in [-0.3, -0.25) is 4.79 Å². The Bertz CT molecular complexity index is 375. The normalized spacial score (nSPS) is 18.9. The van der Waals surface area contributed by atoms with Crippen molar-refractivity contribution >= 4 is 5.78 Å². The molecule has 1 aliphatic carbocycles. The summed E-state index contributed by atoms with van der Waals surface area (Å²) in [6, 6.07) is 0. The fourth-order valence-electron chi connectivity index (χ4n) is 2.59. The second-order valence-electron chi connectivity index (χ2n) is 5.00. The molecule has 1 saturated carbocycles. The monoisotopic (exact) mass is 220 g/mol. The molecule has 0 aliphatic heterocycles. The largest absolute Gasteiger partial charge is 0.335 e. The van der Waals surface area contributed by atoms with E-state index in [2.05, 4.69) is 23.4 Å². The van der Waals surface area contributed by atoms with Crippen molar-refractivity contribution in [2.45, 2.75) is 52.5 Å². The van der Waals surface area contributed by atoms with Crippen LogP contribution in [0.25, 0.3) is 0 Å². The van der Waals surface area contributed by atoms with Crippen LogP contribution in [0.4, 0.5) is 0 Å². The second kappa shape index (κ2) is 4.40. The summed E-state index contributed by atoms with van der Waals surface area (Å²) >= 11 is 0. The van der Waals surface area contributed by atoms with Crippen molar-refractivity contribution in [3.05, 3.63) is 18.2 Å². The van der Waals surface area contributed by atoms with Gasteiger partial charge in [0, 0.05) is 24.4 Å². The van der Waals surface area contributed by atoms with Crippen molar-refractivity contribution in [1.29, 1.82) is 0 Å². The summed E-state index contributed by atoms with van der Waals surface area (Å²) in [4.78, 5) is 16.5. The Kier molecular flexibility index (Phi) is 3.13. The number of imidazole rings is 1. The van der Waals surface area contributed by atoms with Gasteiger partial charge >= 0.3 is 0 Å². The number of Topliss-reactive ketones (excluding diaryl/α,β-unsaturated/α-hetero) is 1. The molecule has 16 heavy (non-hydrogen) atoms. The summed E-state index contributed by atoms with van der Waals surface area (Å²) < 4.78 is 2.05. The van der Waals surface area contributed by atoms with Crippen LogP contribution in [0.2, 0.25) is 0 Å². The topological polar surface area (TPSA) is 34.9 Å². The molecule has 0 bridgehead atoms. The zero-order valence-corrected chi connectivity index (χ0v) is 10.2. The average Bonchev–Trinajstić information content (AvgIpc) is 2.87. The van der Waals surface area contributed by atoms with Gasteiger partial charge in [0.2, 0.25) is 0 Å². The standard InChI is InChI=1S/C13H20N2O/c1-3-15-9-8-14-12(15)10-11(16)13(2)6-4-5-7-13/h8-9H,3-7,10H2,1-2H3. The Morgan fingerprint density at radius 3 is 2.81 bits per heavy atom. The van der Waals surface area contributed by atoms with E-state index in [-0.39, 0.29) is 5.41 Å². The minimum Gasteiger partial charge on any atom is -0.335 e. The van der Waals surface area contributed by atoms with Gasteiger partial charge in [-0.1, -0.05) is 19.8 Å². The summed E-state index contributed by atoms with van der Waals surface area (Å²) in [7, 11) is 0. The molecule has 1 aliphatic rings. The zero-order valence-electron chi connectivity index (χ0n) is 10.2. The number of aryl methyl sites for hydroxylation is 1. The first-order valence-corrected chi connectivity index (χ1v) is 6.19. The highest BCUT2D eigenvalue weighted by Gasteiger charge is 2.36. The third-order valence-corrected chi connectivity index (χ3v) is 3.84. The Labute approximate surface area is 96.9 Å². The molecule has 3 nitrogen and oxygen atoms in total. The lowest BCUT2D eigenvalue weighted by Crippen LogP contribution is -2.27. The Morgan fingerprint density at radius 1 is 1.50 bits per heavy atom. The Hall–Kier alpha value is -1.12. The SMILES string of the molecule is CCn1ccnc1CC(=O)C1(C)CCCC1. The van der Waals surface area contributed by atoms with Crippen LogP contribution in [0.1, 0.15) is 45.4 Å². The number of carbonyl (C=O) groups is 1. The Balaban J connectivity index is 2.07. The smallest absolute Gasteiger partial charge is 0.146 e. The maximum Gasteiger partial charge on any atom is 0.146 e. The molecule has 0 unspecified atom stereocenters. The van der Waals surface area contributed by atoms with Gasteiger partial charge in [-0.2, -0.15) is 0 Å². The van der Waals surface area contributed by atoms with Crippen molar-refractivity contribution in [3.8, 4) is 0 Å². The molecule has 88 valence electrons. The number of hydrogen-bond acceptors (Lipinski definition) is 2. The van der Waals surface area contributed by atoms with E-state index in [0.717, 1.165) is 25.2 Å². The van der Waals surface area contributed by atoms with Crippen LogP contribution in [-0.2, 0) is 17.8 Å². The van der Waals surface area contributed by atoms with E-state index in [0.29, 0.717) is 12.2 Å². The molecule has 0 amide bonds. The third-order valence-electron chi connectivity index (χ3n) is 3.84. The molecule has 0 saturated heterocycles. The van der Waals surface area contributed by atoms with Gasteiger partial charge in [0.1, 0.15) is 11.6 Å². The molecule has 1 heterocycles. The highest BCUT2D eigenvalue weighted by Crippen LogP contribution is 2.38. The van der Waals surface area contributed by atoms with Gasteiger partial charge in [0.25, 0.3) is 0 Å². The van der Waals surface area contributed by atoms with E-state index in [1.165, 1.54) is 12.8 Å². The summed E-state index contributed by atoms with van der Waals surface area (Å²) in [6.07, 6.45) is 8.73. The van der Waals surface area contributed by atoms with Gasteiger partial charge in [-0.15, -0.1) is 0 Å². The van der Waals surface area contributed by atoms with Crippen LogP contribution in [0.5, 0.6) is 0 Å². The number of nitrogens with zero attached hydrogens (tertiary/aromatic N) is 2. The molecular formula is C13H20N2O. The summed E-state index contributed by atoms with van der Waals surface area (Å²) in [5.41, 5.74) is -0.0788. The molecular weight excluding hydrogens is 200 g/mol. The van der Waals surface area contributed by atoms with E-state index in [4.69, 9.17) is 0 Å². The number of aromatic nitrogens is 2. The first-order chi connectivity index (χ1) is 7.65. The molecule has 2 rings (SSSR count). The average molecular weight is 220 g/mol. The molecule has 1 aromatic heterocycles. The van der Waals surface area contributed by atoms with E-state index in [1.807, 2.05) is 6.20 Å². The van der Waals surface area contributed by atoms with Crippen molar-refractivity contribution in [2.24, 2.45) is 5.41 Å². The lowest BCUT2D eigenvalue weighted by Gasteiger charge is -2.21. The van der Waals surface area contributed by atoms with Crippen LogP contribution in [-0.4, -0.2) is 15.3 Å². The van der Waals surface area contributed by atoms with Crippen LogP contribution in [0, 0.1) is 5.41 Å². The van der Waals surface area contributed by atoms with Gasteiger partial charge < -0.3 is 4.57 Å². The van der Waals surface area contributed by atoms with Crippen molar-refractivity contribution < 1.29 is 4.79 Å². The maximum atomic E-state index is 12.2. The van der Waals surface area contributed by atoms with Gasteiger partial charge in [-0.05, 0) is 19.8 Å². The van der Waals surface area contributed by atoms with Gasteiger partial charge in [0.15, 0.2) is 0 Å². The molecule has 1 fully saturated rings. The van der Waals surface area contributed by atoms with E-state index in [1.54, 1.807) is 6.20 Å². The molecule has 3 heteroatoms. The summed E-state index contributed by atoms with van der Waals surface area (Å²) in [5, 5.41) is 0. The first kappa shape index (κ1) is 11.4. The van der Waals surface area contributed by atoms with Crippen LogP contribution in [0.15, 0.2) is 12.4 Å². The highest BCUT2D eigenvalue weighted by molar-refractivity contribution is 5.86. The van der Waals surface area contributed by atoms with Crippen LogP contribution in [0.3, 0.4) is 0 Å². The van der Waals surface area contributed by atoms with Crippen molar-refractivity contribution in [2.75, 3.05) is 0 Å². The molecule has 0 atom stereocenters. The molecule has 0 N–H and O–H groups in total. The predicted molar refractivity (Wildman–Crippen MR) is 63.2 cm³/mol. The van der Waals surface area contributed by atoms with E-state index >= 15 is 0 Å². The van der Waals surface area contributed by atoms with E-state index < -0.39 is 0 Å². The van der Waals surface area contributed by atoms with Crippen LogP contribution >= 0.6 is 0 Å². The summed E-state index contributed by atoms with van der Waals surface area (Å²) in [6.45, 7) is 5.08. The van der Waals surface area contributed by atoms with Gasteiger partial charge in [-0.25, -0.2) is 4.98 Å². The van der Waals surface area contributed by atoms with Crippen LogP contribution < -0.4 is 0 Å². The summed E-state index contributed by atoms with van der Waals surface area (Å²) in [5.74, 6) is 1.28. The number of ketones is 1.